The fourth-order valence-electron chi connectivity index (χ4n) is 3.39. The summed E-state index contributed by atoms with van der Waals surface area (Å²) in [4.78, 5) is 15.0. The van der Waals surface area contributed by atoms with Gasteiger partial charge in [0.15, 0.2) is 0 Å². The SMILES string of the molecule is Cc1ccc(CN(C(=O)C2CC(c3ccccc3Cl)NN2)C2CC2)o1. The summed E-state index contributed by atoms with van der Waals surface area (Å²) in [7, 11) is 0. The third kappa shape index (κ3) is 3.59. The van der Waals surface area contributed by atoms with E-state index in [0.29, 0.717) is 19.0 Å². The molecule has 0 bridgehead atoms. The molecule has 1 aliphatic heterocycles. The predicted molar refractivity (Wildman–Crippen MR) is 95.9 cm³/mol. The Labute approximate surface area is 152 Å². The summed E-state index contributed by atoms with van der Waals surface area (Å²) in [5.41, 5.74) is 7.40. The number of hydrogen-bond acceptors (Lipinski definition) is 4. The van der Waals surface area contributed by atoms with E-state index in [9.17, 15) is 4.79 Å². The number of aryl methyl sites for hydroxylation is 1. The van der Waals surface area contributed by atoms with Gasteiger partial charge < -0.3 is 9.32 Å². The van der Waals surface area contributed by atoms with Crippen molar-refractivity contribution in [3.05, 3.63) is 58.5 Å². The fraction of sp³-hybridized carbons (Fsp3) is 0.421. The number of nitrogens with zero attached hydrogens (tertiary/aromatic N) is 1. The fourth-order valence-corrected chi connectivity index (χ4v) is 3.66. The molecule has 1 aromatic heterocycles. The van der Waals surface area contributed by atoms with E-state index < -0.39 is 0 Å². The van der Waals surface area contributed by atoms with Crippen LogP contribution < -0.4 is 10.9 Å². The summed E-state index contributed by atoms with van der Waals surface area (Å²) in [6, 6.07) is 11.8. The minimum atomic E-state index is -0.252. The molecule has 132 valence electrons. The van der Waals surface area contributed by atoms with E-state index in [2.05, 4.69) is 10.9 Å². The van der Waals surface area contributed by atoms with Gasteiger partial charge in [0.25, 0.3) is 0 Å². The van der Waals surface area contributed by atoms with Gasteiger partial charge in [0.05, 0.1) is 6.54 Å². The lowest BCUT2D eigenvalue weighted by Gasteiger charge is -2.24. The van der Waals surface area contributed by atoms with Gasteiger partial charge in [-0.25, -0.2) is 10.9 Å². The van der Waals surface area contributed by atoms with E-state index in [4.69, 9.17) is 16.0 Å². The van der Waals surface area contributed by atoms with Gasteiger partial charge in [-0.15, -0.1) is 0 Å². The Balaban J connectivity index is 1.45. The number of hydrazine groups is 1. The molecule has 2 heterocycles. The van der Waals surface area contributed by atoms with Crippen LogP contribution >= 0.6 is 11.6 Å². The van der Waals surface area contributed by atoms with Crippen LogP contribution in [0.5, 0.6) is 0 Å². The van der Waals surface area contributed by atoms with Crippen molar-refractivity contribution >= 4 is 17.5 Å². The van der Waals surface area contributed by atoms with Crippen molar-refractivity contribution in [2.45, 2.75) is 50.9 Å². The molecule has 6 heteroatoms. The molecule has 2 aliphatic rings. The van der Waals surface area contributed by atoms with Gasteiger partial charge >= 0.3 is 0 Å². The zero-order chi connectivity index (χ0) is 17.4. The number of benzene rings is 1. The standard InChI is InChI=1S/C19H22ClN3O2/c1-12-6-9-14(25-12)11-23(13-7-8-13)19(24)18-10-17(21-22-18)15-4-2-3-5-16(15)20/h2-6,9,13,17-18,21-22H,7-8,10-11H2,1H3. The zero-order valence-corrected chi connectivity index (χ0v) is 14.9. The number of halogens is 1. The van der Waals surface area contributed by atoms with Crippen LogP contribution in [0.4, 0.5) is 0 Å². The summed E-state index contributed by atoms with van der Waals surface area (Å²) >= 11 is 6.29. The average molecular weight is 360 g/mol. The summed E-state index contributed by atoms with van der Waals surface area (Å²) in [6.45, 7) is 2.45. The number of hydrogen-bond donors (Lipinski definition) is 2. The number of furan rings is 1. The number of carbonyl (C=O) groups excluding carboxylic acids is 1. The Morgan fingerprint density at radius 1 is 1.24 bits per heavy atom. The molecule has 2 unspecified atom stereocenters. The van der Waals surface area contributed by atoms with E-state index in [1.54, 1.807) is 0 Å². The lowest BCUT2D eigenvalue weighted by molar-refractivity contribution is -0.134. The lowest BCUT2D eigenvalue weighted by Crippen LogP contribution is -2.46. The second-order valence-electron chi connectivity index (χ2n) is 6.86. The molecule has 5 nitrogen and oxygen atoms in total. The van der Waals surface area contributed by atoms with Crippen LogP contribution in [0.2, 0.25) is 5.02 Å². The van der Waals surface area contributed by atoms with E-state index >= 15 is 0 Å². The second-order valence-corrected chi connectivity index (χ2v) is 7.27. The molecule has 2 aromatic rings. The second kappa shape index (κ2) is 6.83. The molecular weight excluding hydrogens is 338 g/mol. The van der Waals surface area contributed by atoms with Gasteiger partial charge in [0.2, 0.25) is 5.91 Å². The van der Waals surface area contributed by atoms with E-state index in [1.165, 1.54) is 0 Å². The smallest absolute Gasteiger partial charge is 0.241 e. The van der Waals surface area contributed by atoms with Crippen LogP contribution in [0, 0.1) is 6.92 Å². The van der Waals surface area contributed by atoms with Crippen LogP contribution in [0.25, 0.3) is 0 Å². The molecule has 1 amide bonds. The quantitative estimate of drug-likeness (QED) is 0.859. The molecular formula is C19H22ClN3O2. The van der Waals surface area contributed by atoms with E-state index in [0.717, 1.165) is 34.9 Å². The molecule has 1 saturated heterocycles. The first-order valence-corrected chi connectivity index (χ1v) is 9.11. The largest absolute Gasteiger partial charge is 0.464 e. The van der Waals surface area contributed by atoms with Crippen molar-refractivity contribution in [2.75, 3.05) is 0 Å². The van der Waals surface area contributed by atoms with Crippen molar-refractivity contribution in [1.82, 2.24) is 15.8 Å². The maximum absolute atomic E-state index is 13.0. The van der Waals surface area contributed by atoms with Crippen LogP contribution in [0.1, 0.15) is 42.4 Å². The first kappa shape index (κ1) is 16.6. The molecule has 1 saturated carbocycles. The van der Waals surface area contributed by atoms with Crippen molar-refractivity contribution in [1.29, 1.82) is 0 Å². The van der Waals surface area contributed by atoms with Gasteiger partial charge in [-0.3, -0.25) is 4.79 Å². The number of carbonyl (C=O) groups is 1. The Kier molecular flexibility index (Phi) is 4.54. The Bertz CT molecular complexity index is 772. The third-order valence-corrected chi connectivity index (χ3v) is 5.22. The lowest BCUT2D eigenvalue weighted by atomic mass is 10.0. The van der Waals surface area contributed by atoms with Gasteiger partial charge in [-0.05, 0) is 49.9 Å². The molecule has 1 aliphatic carbocycles. The first-order chi connectivity index (χ1) is 12.1. The molecule has 2 N–H and O–H groups in total. The Morgan fingerprint density at radius 3 is 2.72 bits per heavy atom. The molecule has 25 heavy (non-hydrogen) atoms. The van der Waals surface area contributed by atoms with E-state index in [-0.39, 0.29) is 18.0 Å². The maximum atomic E-state index is 13.0. The molecule has 2 atom stereocenters. The van der Waals surface area contributed by atoms with Crippen LogP contribution in [-0.2, 0) is 11.3 Å². The number of nitrogens with one attached hydrogen (secondary N) is 2. The average Bonchev–Trinajstić information content (AvgIpc) is 3.17. The highest BCUT2D eigenvalue weighted by Gasteiger charge is 2.39. The highest BCUT2D eigenvalue weighted by atomic mass is 35.5. The highest BCUT2D eigenvalue weighted by Crippen LogP contribution is 2.32. The number of rotatable bonds is 5. The molecule has 4 rings (SSSR count). The zero-order valence-electron chi connectivity index (χ0n) is 14.2. The van der Waals surface area contributed by atoms with Crippen LogP contribution in [0.3, 0.4) is 0 Å². The van der Waals surface area contributed by atoms with Gasteiger partial charge in [-0.2, -0.15) is 0 Å². The molecule has 0 radical (unpaired) electrons. The summed E-state index contributed by atoms with van der Waals surface area (Å²) < 4.78 is 5.66. The first-order valence-electron chi connectivity index (χ1n) is 8.73. The van der Waals surface area contributed by atoms with Crippen molar-refractivity contribution < 1.29 is 9.21 Å². The Morgan fingerprint density at radius 2 is 2.04 bits per heavy atom. The van der Waals surface area contributed by atoms with Crippen LogP contribution in [-0.4, -0.2) is 22.9 Å². The summed E-state index contributed by atoms with van der Waals surface area (Å²) in [6.07, 6.45) is 2.82. The molecule has 2 fully saturated rings. The summed E-state index contributed by atoms with van der Waals surface area (Å²) in [5.74, 6) is 1.84. The normalized spacial score (nSPS) is 23.0. The monoisotopic (exact) mass is 359 g/mol. The maximum Gasteiger partial charge on any atom is 0.241 e. The van der Waals surface area contributed by atoms with Crippen molar-refractivity contribution in [3.8, 4) is 0 Å². The van der Waals surface area contributed by atoms with Gasteiger partial charge in [-0.1, -0.05) is 29.8 Å². The van der Waals surface area contributed by atoms with E-state index in [1.807, 2.05) is 48.2 Å². The molecule has 0 spiro atoms. The minimum Gasteiger partial charge on any atom is -0.464 e. The van der Waals surface area contributed by atoms with Gasteiger partial charge in [0, 0.05) is 17.1 Å². The Hall–Kier alpha value is -1.82. The van der Waals surface area contributed by atoms with Crippen molar-refractivity contribution in [2.24, 2.45) is 0 Å². The minimum absolute atomic E-state index is 0.0366. The summed E-state index contributed by atoms with van der Waals surface area (Å²) in [5, 5.41) is 0.722. The molecule has 1 aromatic carbocycles. The van der Waals surface area contributed by atoms with Gasteiger partial charge in [0.1, 0.15) is 17.6 Å². The van der Waals surface area contributed by atoms with Crippen LogP contribution in [0.15, 0.2) is 40.8 Å². The highest BCUT2D eigenvalue weighted by molar-refractivity contribution is 6.31. The van der Waals surface area contributed by atoms with Crippen molar-refractivity contribution in [3.63, 3.8) is 0 Å². The predicted octanol–water partition coefficient (Wildman–Crippen LogP) is 3.34. The topological polar surface area (TPSA) is 57.5 Å². The third-order valence-electron chi connectivity index (χ3n) is 4.87. The number of amides is 1.